The smallest absolute Gasteiger partial charge is 0.258 e. The first kappa shape index (κ1) is 26.1. The van der Waals surface area contributed by atoms with Gasteiger partial charge in [0.05, 0.1) is 17.2 Å². The van der Waals surface area contributed by atoms with E-state index in [1.807, 2.05) is 0 Å². The summed E-state index contributed by atoms with van der Waals surface area (Å²) in [5.41, 5.74) is 0.784. The van der Waals surface area contributed by atoms with Crippen LogP contribution in [0, 0.1) is 17.7 Å². The molecule has 0 spiro atoms. The molecular weight excluding hydrogens is 461 g/mol. The van der Waals surface area contributed by atoms with Crippen molar-refractivity contribution in [3.8, 4) is 5.75 Å². The molecule has 1 N–H and O–H groups in total. The van der Waals surface area contributed by atoms with E-state index in [9.17, 15) is 14.0 Å². The summed E-state index contributed by atoms with van der Waals surface area (Å²) in [7, 11) is 3.46. The number of nitrogens with one attached hydrogen (secondary N) is 1. The average molecular weight is 498 g/mol. The largest absolute Gasteiger partial charge is 0.491 e. The number of rotatable bonds is 5. The van der Waals surface area contributed by atoms with Gasteiger partial charge in [0.15, 0.2) is 0 Å². The summed E-state index contributed by atoms with van der Waals surface area (Å²) in [6.45, 7) is 7.03. The van der Waals surface area contributed by atoms with Gasteiger partial charge in [-0.2, -0.15) is 0 Å². The second-order valence-corrected chi connectivity index (χ2v) is 10.1. The highest BCUT2D eigenvalue weighted by atomic mass is 19.1. The van der Waals surface area contributed by atoms with E-state index in [1.54, 1.807) is 43.3 Å². The monoisotopic (exact) mass is 497 g/mol. The molecule has 2 amide bonds. The van der Waals surface area contributed by atoms with Crippen LogP contribution in [0.4, 0.5) is 10.1 Å². The molecule has 1 saturated carbocycles. The van der Waals surface area contributed by atoms with Gasteiger partial charge in [-0.1, -0.05) is 19.1 Å². The molecule has 0 aromatic heterocycles. The zero-order chi connectivity index (χ0) is 25.8. The SMILES string of the molecule is CO[C@@H]1CN(C)C(=O)c2ccc(NC(=O)c3ccccc3F)cc2OC[C@H](C)N(CC2CC2)C[C@@H]1C. The molecule has 2 aromatic rings. The van der Waals surface area contributed by atoms with Crippen LogP contribution in [-0.2, 0) is 4.74 Å². The minimum absolute atomic E-state index is 0.0499. The van der Waals surface area contributed by atoms with Crippen LogP contribution in [-0.4, -0.2) is 74.2 Å². The number of fused-ring (bicyclic) bond motifs is 1. The molecule has 0 saturated heterocycles. The number of hydrogen-bond donors (Lipinski definition) is 1. The third-order valence-corrected chi connectivity index (χ3v) is 7.14. The van der Waals surface area contributed by atoms with Crippen molar-refractivity contribution in [1.82, 2.24) is 9.80 Å². The Bertz CT molecular complexity index is 1090. The fourth-order valence-corrected chi connectivity index (χ4v) is 4.65. The Labute approximate surface area is 212 Å². The molecule has 2 aliphatic rings. The van der Waals surface area contributed by atoms with Crippen molar-refractivity contribution in [3.05, 3.63) is 59.4 Å². The molecule has 194 valence electrons. The summed E-state index contributed by atoms with van der Waals surface area (Å²) in [5.74, 6) is 0.00583. The lowest BCUT2D eigenvalue weighted by Gasteiger charge is -2.36. The number of halogens is 1. The Balaban J connectivity index is 1.61. The Morgan fingerprint density at radius 2 is 1.92 bits per heavy atom. The summed E-state index contributed by atoms with van der Waals surface area (Å²) in [4.78, 5) is 30.1. The van der Waals surface area contributed by atoms with Gasteiger partial charge in [-0.15, -0.1) is 0 Å². The lowest BCUT2D eigenvalue weighted by atomic mass is 10.0. The lowest BCUT2D eigenvalue weighted by Crippen LogP contribution is -2.47. The van der Waals surface area contributed by atoms with Crippen LogP contribution < -0.4 is 10.1 Å². The number of ether oxygens (including phenoxy) is 2. The van der Waals surface area contributed by atoms with Crippen molar-refractivity contribution in [2.75, 3.05) is 45.7 Å². The van der Waals surface area contributed by atoms with E-state index in [4.69, 9.17) is 9.47 Å². The summed E-state index contributed by atoms with van der Waals surface area (Å²) in [5, 5.41) is 2.72. The van der Waals surface area contributed by atoms with E-state index in [-0.39, 0.29) is 29.5 Å². The number of amides is 2. The van der Waals surface area contributed by atoms with Gasteiger partial charge in [-0.3, -0.25) is 14.5 Å². The molecule has 0 unspecified atom stereocenters. The molecule has 8 heteroatoms. The van der Waals surface area contributed by atoms with E-state index in [2.05, 4.69) is 24.1 Å². The Morgan fingerprint density at radius 3 is 2.61 bits per heavy atom. The minimum atomic E-state index is -0.596. The van der Waals surface area contributed by atoms with Crippen LogP contribution in [0.3, 0.4) is 0 Å². The first-order valence-corrected chi connectivity index (χ1v) is 12.6. The second kappa shape index (κ2) is 11.4. The van der Waals surface area contributed by atoms with Gasteiger partial charge < -0.3 is 19.7 Å². The van der Waals surface area contributed by atoms with Gasteiger partial charge in [0.1, 0.15) is 18.2 Å². The zero-order valence-corrected chi connectivity index (χ0v) is 21.5. The number of hydrogen-bond acceptors (Lipinski definition) is 5. The van der Waals surface area contributed by atoms with Crippen LogP contribution >= 0.6 is 0 Å². The van der Waals surface area contributed by atoms with E-state index in [0.717, 1.165) is 19.0 Å². The summed E-state index contributed by atoms with van der Waals surface area (Å²) < 4.78 is 26.1. The Morgan fingerprint density at radius 1 is 1.17 bits per heavy atom. The van der Waals surface area contributed by atoms with Gasteiger partial charge in [0.2, 0.25) is 0 Å². The van der Waals surface area contributed by atoms with E-state index in [0.29, 0.717) is 30.2 Å². The molecule has 3 atom stereocenters. The van der Waals surface area contributed by atoms with Crippen molar-refractivity contribution in [2.45, 2.75) is 38.8 Å². The van der Waals surface area contributed by atoms with Gasteiger partial charge in [-0.05, 0) is 55.9 Å². The zero-order valence-electron chi connectivity index (χ0n) is 21.5. The van der Waals surface area contributed by atoms with Gasteiger partial charge in [0.25, 0.3) is 11.8 Å². The van der Waals surface area contributed by atoms with Crippen LogP contribution in [0.5, 0.6) is 5.75 Å². The number of nitrogens with zero attached hydrogens (tertiary/aromatic N) is 2. The van der Waals surface area contributed by atoms with Gasteiger partial charge >= 0.3 is 0 Å². The number of carbonyl (C=O) groups excluding carboxylic acids is 2. The molecule has 36 heavy (non-hydrogen) atoms. The molecule has 1 heterocycles. The maximum atomic E-state index is 14.1. The van der Waals surface area contributed by atoms with E-state index in [1.165, 1.54) is 31.0 Å². The first-order valence-electron chi connectivity index (χ1n) is 12.6. The van der Waals surface area contributed by atoms with E-state index >= 15 is 0 Å². The third kappa shape index (κ3) is 6.23. The molecule has 1 aliphatic carbocycles. The number of likely N-dealkylation sites (N-methyl/N-ethyl adjacent to an activating group) is 1. The van der Waals surface area contributed by atoms with E-state index < -0.39 is 11.7 Å². The highest BCUT2D eigenvalue weighted by Gasteiger charge is 2.31. The molecular formula is C28H36FN3O4. The van der Waals surface area contributed by atoms with Crippen LogP contribution in [0.1, 0.15) is 47.4 Å². The summed E-state index contributed by atoms with van der Waals surface area (Å²) >= 11 is 0. The maximum absolute atomic E-state index is 14.1. The normalized spacial score (nSPS) is 23.8. The number of methoxy groups -OCH3 is 1. The predicted molar refractivity (Wildman–Crippen MR) is 137 cm³/mol. The summed E-state index contributed by atoms with van der Waals surface area (Å²) in [6, 6.07) is 10.9. The van der Waals surface area contributed by atoms with Crippen molar-refractivity contribution < 1.29 is 23.5 Å². The van der Waals surface area contributed by atoms with Crippen molar-refractivity contribution >= 4 is 17.5 Å². The Kier molecular flexibility index (Phi) is 8.26. The molecule has 4 rings (SSSR count). The maximum Gasteiger partial charge on any atom is 0.258 e. The topological polar surface area (TPSA) is 71.1 Å². The molecule has 1 fully saturated rings. The fourth-order valence-electron chi connectivity index (χ4n) is 4.65. The minimum Gasteiger partial charge on any atom is -0.491 e. The standard InChI is InChI=1S/C28H36FN3O4/c1-18-14-32(15-20-9-10-20)19(2)17-36-25-13-21(30-27(33)22-7-5-6-8-24(22)29)11-12-23(25)28(34)31(3)16-26(18)35-4/h5-8,11-13,18-20,26H,9-10,14-17H2,1-4H3,(H,30,33)/t18-,19-,26+/m0/s1. The quantitative estimate of drug-likeness (QED) is 0.667. The van der Waals surface area contributed by atoms with Gasteiger partial charge in [0, 0.05) is 51.6 Å². The van der Waals surface area contributed by atoms with Crippen LogP contribution in [0.15, 0.2) is 42.5 Å². The van der Waals surface area contributed by atoms with Gasteiger partial charge in [-0.25, -0.2) is 4.39 Å². The number of anilines is 1. The van der Waals surface area contributed by atoms with Crippen molar-refractivity contribution in [3.63, 3.8) is 0 Å². The lowest BCUT2D eigenvalue weighted by molar-refractivity contribution is 0.00994. The average Bonchev–Trinajstić information content (AvgIpc) is 3.68. The summed E-state index contributed by atoms with van der Waals surface area (Å²) in [6.07, 6.45) is 2.42. The highest BCUT2D eigenvalue weighted by Crippen LogP contribution is 2.32. The number of carbonyl (C=O) groups is 2. The van der Waals surface area contributed by atoms with Crippen molar-refractivity contribution in [1.29, 1.82) is 0 Å². The van der Waals surface area contributed by atoms with Crippen LogP contribution in [0.25, 0.3) is 0 Å². The van der Waals surface area contributed by atoms with Crippen molar-refractivity contribution in [2.24, 2.45) is 11.8 Å². The Hall–Kier alpha value is -2.97. The highest BCUT2D eigenvalue weighted by molar-refractivity contribution is 6.05. The molecule has 0 bridgehead atoms. The molecule has 1 aliphatic heterocycles. The fraction of sp³-hybridized carbons (Fsp3) is 0.500. The molecule has 7 nitrogen and oxygen atoms in total. The molecule has 0 radical (unpaired) electrons. The molecule has 2 aromatic carbocycles. The third-order valence-electron chi connectivity index (χ3n) is 7.14. The second-order valence-electron chi connectivity index (χ2n) is 10.1. The predicted octanol–water partition coefficient (Wildman–Crippen LogP) is 4.29. The van der Waals surface area contributed by atoms with Crippen LogP contribution in [0.2, 0.25) is 0 Å². The number of benzene rings is 2. The first-order chi connectivity index (χ1) is 17.3.